The van der Waals surface area contributed by atoms with E-state index in [9.17, 15) is 9.18 Å². The van der Waals surface area contributed by atoms with Crippen molar-refractivity contribution in [3.8, 4) is 22.8 Å². The minimum atomic E-state index is -0.534. The Kier molecular flexibility index (Phi) is 5.19. The SMILES string of the molecule is Cc1nnnn1-c1cc(NC(=O)c2cc(-c3ccco3)n(-c3cccc(Cl)c3)n2)ccc1F. The van der Waals surface area contributed by atoms with Crippen molar-refractivity contribution in [2.24, 2.45) is 0 Å². The van der Waals surface area contributed by atoms with Crippen LogP contribution in [0.15, 0.2) is 71.3 Å². The van der Waals surface area contributed by atoms with E-state index in [2.05, 4.69) is 25.9 Å². The van der Waals surface area contributed by atoms with E-state index in [4.69, 9.17) is 16.0 Å². The van der Waals surface area contributed by atoms with E-state index in [-0.39, 0.29) is 11.4 Å². The molecule has 0 bridgehead atoms. The van der Waals surface area contributed by atoms with Crippen LogP contribution in [0.2, 0.25) is 5.02 Å². The lowest BCUT2D eigenvalue weighted by Crippen LogP contribution is -2.14. The molecule has 0 aliphatic carbocycles. The largest absolute Gasteiger partial charge is 0.463 e. The summed E-state index contributed by atoms with van der Waals surface area (Å²) in [6.07, 6.45) is 1.53. The fourth-order valence-corrected chi connectivity index (χ4v) is 3.48. The van der Waals surface area contributed by atoms with Crippen LogP contribution in [-0.2, 0) is 0 Å². The quantitative estimate of drug-likeness (QED) is 0.412. The maximum atomic E-state index is 14.3. The van der Waals surface area contributed by atoms with Crippen LogP contribution in [0.3, 0.4) is 0 Å². The minimum Gasteiger partial charge on any atom is -0.463 e. The molecular formula is C22H15ClFN7O2. The van der Waals surface area contributed by atoms with Gasteiger partial charge in [-0.1, -0.05) is 17.7 Å². The Hall–Kier alpha value is -4.31. The molecule has 164 valence electrons. The third kappa shape index (κ3) is 3.99. The summed E-state index contributed by atoms with van der Waals surface area (Å²) in [7, 11) is 0. The maximum Gasteiger partial charge on any atom is 0.276 e. The van der Waals surface area contributed by atoms with E-state index in [0.29, 0.717) is 33.7 Å². The van der Waals surface area contributed by atoms with Gasteiger partial charge in [0.25, 0.3) is 5.91 Å². The summed E-state index contributed by atoms with van der Waals surface area (Å²) in [6, 6.07) is 16.3. The maximum absolute atomic E-state index is 14.3. The third-order valence-electron chi connectivity index (χ3n) is 4.83. The molecule has 0 fully saturated rings. The zero-order chi connectivity index (χ0) is 22.9. The van der Waals surface area contributed by atoms with Crippen molar-refractivity contribution in [1.29, 1.82) is 0 Å². The van der Waals surface area contributed by atoms with Crippen molar-refractivity contribution in [1.82, 2.24) is 30.0 Å². The molecule has 0 radical (unpaired) electrons. The van der Waals surface area contributed by atoms with Gasteiger partial charge in [0.05, 0.1) is 12.0 Å². The average molecular weight is 464 g/mol. The van der Waals surface area contributed by atoms with Gasteiger partial charge in [0.15, 0.2) is 17.3 Å². The predicted octanol–water partition coefficient (Wildman–Crippen LogP) is 4.46. The van der Waals surface area contributed by atoms with Gasteiger partial charge in [0.2, 0.25) is 0 Å². The number of hydrogen-bond acceptors (Lipinski definition) is 6. The summed E-state index contributed by atoms with van der Waals surface area (Å²) in [4.78, 5) is 13.0. The molecule has 5 aromatic rings. The van der Waals surface area contributed by atoms with Crippen molar-refractivity contribution in [2.75, 3.05) is 5.32 Å². The second kappa shape index (κ2) is 8.32. The molecule has 0 spiro atoms. The van der Waals surface area contributed by atoms with Crippen LogP contribution in [-0.4, -0.2) is 35.9 Å². The van der Waals surface area contributed by atoms with Gasteiger partial charge in [0, 0.05) is 16.8 Å². The number of rotatable bonds is 5. The Morgan fingerprint density at radius 3 is 2.70 bits per heavy atom. The number of furan rings is 1. The Bertz CT molecular complexity index is 1460. The first-order valence-corrected chi connectivity index (χ1v) is 10.1. The molecule has 0 atom stereocenters. The summed E-state index contributed by atoms with van der Waals surface area (Å²) < 4.78 is 22.7. The molecule has 1 N–H and O–H groups in total. The lowest BCUT2D eigenvalue weighted by molar-refractivity contribution is 0.102. The topological polar surface area (TPSA) is 104 Å². The van der Waals surface area contributed by atoms with Crippen LogP contribution in [0.1, 0.15) is 16.3 Å². The second-order valence-electron chi connectivity index (χ2n) is 7.04. The molecule has 3 aromatic heterocycles. The number of amides is 1. The molecule has 9 nitrogen and oxygen atoms in total. The number of anilines is 1. The summed E-state index contributed by atoms with van der Waals surface area (Å²) in [5.41, 5.74) is 1.81. The highest BCUT2D eigenvalue weighted by molar-refractivity contribution is 6.30. The summed E-state index contributed by atoms with van der Waals surface area (Å²) in [5.74, 6) is -0.0937. The van der Waals surface area contributed by atoms with Gasteiger partial charge in [0.1, 0.15) is 17.2 Å². The normalized spacial score (nSPS) is 11.0. The molecular weight excluding hydrogens is 449 g/mol. The van der Waals surface area contributed by atoms with Crippen molar-refractivity contribution in [3.05, 3.63) is 89.3 Å². The molecule has 3 heterocycles. The average Bonchev–Trinajstić information content (AvgIpc) is 3.55. The van der Waals surface area contributed by atoms with E-state index in [1.807, 2.05) is 6.07 Å². The van der Waals surface area contributed by atoms with Crippen LogP contribution in [0.4, 0.5) is 10.1 Å². The van der Waals surface area contributed by atoms with Gasteiger partial charge in [-0.3, -0.25) is 4.79 Å². The number of carbonyl (C=O) groups is 1. The summed E-state index contributed by atoms with van der Waals surface area (Å²) >= 11 is 6.14. The highest BCUT2D eigenvalue weighted by Gasteiger charge is 2.19. The fraction of sp³-hybridized carbons (Fsp3) is 0.0455. The van der Waals surface area contributed by atoms with Gasteiger partial charge < -0.3 is 9.73 Å². The minimum absolute atomic E-state index is 0.107. The monoisotopic (exact) mass is 463 g/mol. The van der Waals surface area contributed by atoms with Crippen molar-refractivity contribution in [3.63, 3.8) is 0 Å². The molecule has 0 aliphatic rings. The molecule has 0 saturated carbocycles. The van der Waals surface area contributed by atoms with Crippen molar-refractivity contribution < 1.29 is 13.6 Å². The van der Waals surface area contributed by atoms with Gasteiger partial charge in [-0.05, 0) is 65.9 Å². The van der Waals surface area contributed by atoms with Gasteiger partial charge >= 0.3 is 0 Å². The molecule has 0 aliphatic heterocycles. The summed E-state index contributed by atoms with van der Waals surface area (Å²) in [6.45, 7) is 1.64. The van der Waals surface area contributed by atoms with Gasteiger partial charge in [-0.25, -0.2) is 9.07 Å². The Morgan fingerprint density at radius 1 is 1.09 bits per heavy atom. The smallest absolute Gasteiger partial charge is 0.276 e. The number of aryl methyl sites for hydroxylation is 1. The molecule has 33 heavy (non-hydrogen) atoms. The van der Waals surface area contributed by atoms with Crippen LogP contribution in [0.25, 0.3) is 22.8 Å². The summed E-state index contributed by atoms with van der Waals surface area (Å²) in [5, 5.41) is 18.8. The molecule has 5 rings (SSSR count). The third-order valence-corrected chi connectivity index (χ3v) is 5.06. The number of hydrogen-bond donors (Lipinski definition) is 1. The lowest BCUT2D eigenvalue weighted by atomic mass is 10.2. The number of benzene rings is 2. The van der Waals surface area contributed by atoms with E-state index in [1.165, 1.54) is 29.1 Å². The van der Waals surface area contributed by atoms with Gasteiger partial charge in [-0.15, -0.1) is 5.10 Å². The fourth-order valence-electron chi connectivity index (χ4n) is 3.30. The molecule has 1 amide bonds. The van der Waals surface area contributed by atoms with Crippen molar-refractivity contribution in [2.45, 2.75) is 6.92 Å². The van der Waals surface area contributed by atoms with Crippen LogP contribution in [0.5, 0.6) is 0 Å². The first kappa shape index (κ1) is 20.6. The zero-order valence-corrected chi connectivity index (χ0v) is 17.9. The van der Waals surface area contributed by atoms with E-state index in [1.54, 1.807) is 48.0 Å². The molecule has 2 aromatic carbocycles. The van der Waals surface area contributed by atoms with E-state index >= 15 is 0 Å². The first-order chi connectivity index (χ1) is 16.0. The Labute approximate surface area is 191 Å². The molecule has 0 saturated heterocycles. The second-order valence-corrected chi connectivity index (χ2v) is 7.48. The zero-order valence-electron chi connectivity index (χ0n) is 17.1. The molecule has 0 unspecified atom stereocenters. The van der Waals surface area contributed by atoms with Crippen LogP contribution in [0, 0.1) is 12.7 Å². The van der Waals surface area contributed by atoms with E-state index in [0.717, 1.165) is 0 Å². The Balaban J connectivity index is 1.50. The first-order valence-electron chi connectivity index (χ1n) is 9.76. The molecule has 11 heteroatoms. The number of halogens is 2. The highest BCUT2D eigenvalue weighted by Crippen LogP contribution is 2.26. The number of aromatic nitrogens is 6. The Morgan fingerprint density at radius 2 is 1.97 bits per heavy atom. The number of nitrogens with zero attached hydrogens (tertiary/aromatic N) is 6. The van der Waals surface area contributed by atoms with Crippen LogP contribution < -0.4 is 5.32 Å². The standard InChI is InChI=1S/C22H15ClFN7O2/c1-13-26-28-29-30(13)19-11-15(7-8-17(19)24)25-22(32)18-12-20(21-6-3-9-33-21)31(27-18)16-5-2-4-14(23)10-16/h2-12H,1H3,(H,25,32). The number of tetrazole rings is 1. The van der Waals surface area contributed by atoms with E-state index < -0.39 is 11.7 Å². The van der Waals surface area contributed by atoms with Crippen molar-refractivity contribution >= 4 is 23.2 Å². The van der Waals surface area contributed by atoms with Crippen LogP contribution >= 0.6 is 11.6 Å². The number of nitrogens with one attached hydrogen (secondary N) is 1. The predicted molar refractivity (Wildman–Crippen MR) is 118 cm³/mol. The highest BCUT2D eigenvalue weighted by atomic mass is 35.5. The number of carbonyl (C=O) groups excluding carboxylic acids is 1. The lowest BCUT2D eigenvalue weighted by Gasteiger charge is -2.08. The van der Waals surface area contributed by atoms with Gasteiger partial charge in [-0.2, -0.15) is 9.78 Å².